The number of thiophene rings is 1. The highest BCUT2D eigenvalue weighted by atomic mass is 32.1. The molecule has 1 saturated carbocycles. The summed E-state index contributed by atoms with van der Waals surface area (Å²) >= 11 is 1.06. The van der Waals surface area contributed by atoms with Crippen molar-refractivity contribution >= 4 is 34.8 Å². The fourth-order valence-corrected chi connectivity index (χ4v) is 4.55. The molecule has 0 spiro atoms. The molecule has 2 aliphatic rings. The number of hydrogen-bond acceptors (Lipinski definition) is 4. The molecular weight excluding hydrogens is 400 g/mol. The van der Waals surface area contributed by atoms with E-state index in [2.05, 4.69) is 11.8 Å². The number of likely N-dealkylation sites (tertiary alicyclic amines) is 1. The highest BCUT2D eigenvalue weighted by molar-refractivity contribution is 7.15. The van der Waals surface area contributed by atoms with E-state index in [-0.39, 0.29) is 34.6 Å². The number of carboxylic acids is 1. The number of aromatic carboxylic acids is 1. The molecule has 1 aromatic rings. The van der Waals surface area contributed by atoms with Crippen LogP contribution in [0.3, 0.4) is 0 Å². The van der Waals surface area contributed by atoms with Gasteiger partial charge in [-0.2, -0.15) is 0 Å². The lowest BCUT2D eigenvalue weighted by atomic mass is 9.88. The highest BCUT2D eigenvalue weighted by Gasteiger charge is 2.33. The molecule has 1 aliphatic heterocycles. The minimum atomic E-state index is -1.10. The largest absolute Gasteiger partial charge is 0.477 e. The van der Waals surface area contributed by atoms with Gasteiger partial charge >= 0.3 is 5.97 Å². The predicted octanol–water partition coefficient (Wildman–Crippen LogP) is 3.99. The van der Waals surface area contributed by atoms with Crippen LogP contribution in [0.4, 0.5) is 5.69 Å². The average Bonchev–Trinajstić information content (AvgIpc) is 3.07. The molecule has 2 fully saturated rings. The molecule has 7 heteroatoms. The van der Waals surface area contributed by atoms with Gasteiger partial charge in [0, 0.05) is 24.4 Å². The van der Waals surface area contributed by atoms with E-state index < -0.39 is 5.97 Å². The Bertz CT molecular complexity index is 877. The first kappa shape index (κ1) is 22.4. The van der Waals surface area contributed by atoms with Crippen molar-refractivity contribution in [1.82, 2.24) is 4.90 Å². The lowest BCUT2D eigenvalue weighted by Gasteiger charge is -2.34. The van der Waals surface area contributed by atoms with E-state index in [1.165, 1.54) is 4.90 Å². The molecule has 2 amide bonds. The zero-order valence-corrected chi connectivity index (χ0v) is 18.8. The Kier molecular flexibility index (Phi) is 6.87. The zero-order chi connectivity index (χ0) is 21.9. The van der Waals surface area contributed by atoms with E-state index in [4.69, 9.17) is 0 Å². The second-order valence-electron chi connectivity index (χ2n) is 9.12. The second-order valence-corrected chi connectivity index (χ2v) is 10.2. The molecule has 162 valence electrons. The van der Waals surface area contributed by atoms with E-state index in [9.17, 15) is 19.5 Å². The summed E-state index contributed by atoms with van der Waals surface area (Å²) in [6, 6.07) is 1.66. The lowest BCUT2D eigenvalue weighted by Crippen LogP contribution is -2.49. The summed E-state index contributed by atoms with van der Waals surface area (Å²) in [6.07, 6.45) is 5.63. The Labute approximate surface area is 182 Å². The monoisotopic (exact) mass is 430 g/mol. The van der Waals surface area contributed by atoms with Gasteiger partial charge < -0.3 is 14.9 Å². The van der Waals surface area contributed by atoms with Crippen LogP contribution in [0, 0.1) is 23.2 Å². The van der Waals surface area contributed by atoms with Crippen LogP contribution in [0.25, 0.3) is 0 Å². The van der Waals surface area contributed by atoms with Crippen LogP contribution >= 0.6 is 11.3 Å². The van der Waals surface area contributed by atoms with Crippen LogP contribution in [0.2, 0.25) is 0 Å². The number of carbonyl (C=O) groups is 3. The predicted molar refractivity (Wildman–Crippen MR) is 118 cm³/mol. The summed E-state index contributed by atoms with van der Waals surface area (Å²) in [5.74, 6) is 4.63. The van der Waals surface area contributed by atoms with Crippen LogP contribution in [0.5, 0.6) is 0 Å². The minimum absolute atomic E-state index is 0.0637. The van der Waals surface area contributed by atoms with Crippen LogP contribution in [-0.4, -0.2) is 47.4 Å². The molecule has 1 saturated heterocycles. The van der Waals surface area contributed by atoms with Gasteiger partial charge in [-0.15, -0.1) is 11.3 Å². The fraction of sp³-hybridized carbons (Fsp3) is 0.609. The van der Waals surface area contributed by atoms with Crippen molar-refractivity contribution in [3.05, 3.63) is 15.8 Å². The zero-order valence-electron chi connectivity index (χ0n) is 18.0. The SMILES string of the molecule is CC(C)(C)C#Cc1cc(N(CC(=O)N2CCC2)C(=O)C2CCCCC2)c(C(=O)O)s1. The Morgan fingerprint density at radius 2 is 1.83 bits per heavy atom. The standard InChI is InChI=1S/C23H30N2O4S/c1-23(2,3)11-10-17-14-18(20(30-17)22(28)29)25(15-19(26)24-12-7-13-24)21(27)16-8-5-4-6-9-16/h14,16H,4-9,12-13,15H2,1-3H3,(H,28,29). The first-order valence-corrected chi connectivity index (χ1v) is 11.5. The van der Waals surface area contributed by atoms with E-state index in [0.29, 0.717) is 23.7 Å². The van der Waals surface area contributed by atoms with Gasteiger partial charge in [0.25, 0.3) is 0 Å². The topological polar surface area (TPSA) is 77.9 Å². The van der Waals surface area contributed by atoms with Gasteiger partial charge in [0.15, 0.2) is 0 Å². The van der Waals surface area contributed by atoms with Crippen LogP contribution in [0.1, 0.15) is 73.8 Å². The maximum Gasteiger partial charge on any atom is 0.348 e. The van der Waals surface area contributed by atoms with Gasteiger partial charge in [0.1, 0.15) is 11.4 Å². The number of hydrogen-bond donors (Lipinski definition) is 1. The normalized spacial score (nSPS) is 17.0. The molecule has 0 unspecified atom stereocenters. The molecule has 0 radical (unpaired) electrons. The van der Waals surface area contributed by atoms with E-state index in [0.717, 1.165) is 49.9 Å². The molecular formula is C23H30N2O4S. The molecule has 1 aliphatic carbocycles. The van der Waals surface area contributed by atoms with Crippen molar-refractivity contribution in [3.8, 4) is 11.8 Å². The third-order valence-corrected chi connectivity index (χ3v) is 6.51. The van der Waals surface area contributed by atoms with E-state index >= 15 is 0 Å². The molecule has 0 bridgehead atoms. The number of rotatable bonds is 5. The summed E-state index contributed by atoms with van der Waals surface area (Å²) in [6.45, 7) is 7.23. The van der Waals surface area contributed by atoms with Crippen LogP contribution in [-0.2, 0) is 9.59 Å². The van der Waals surface area contributed by atoms with Gasteiger partial charge in [0.2, 0.25) is 11.8 Å². The number of amides is 2. The molecule has 6 nitrogen and oxygen atoms in total. The molecule has 2 heterocycles. The van der Waals surface area contributed by atoms with Crippen molar-refractivity contribution in [1.29, 1.82) is 0 Å². The summed E-state index contributed by atoms with van der Waals surface area (Å²) in [5, 5.41) is 9.78. The van der Waals surface area contributed by atoms with Gasteiger partial charge in [-0.3, -0.25) is 9.59 Å². The number of anilines is 1. The Balaban J connectivity index is 1.96. The molecule has 0 atom stereocenters. The molecule has 3 rings (SSSR count). The molecule has 30 heavy (non-hydrogen) atoms. The maximum atomic E-state index is 13.4. The smallest absolute Gasteiger partial charge is 0.348 e. The average molecular weight is 431 g/mol. The van der Waals surface area contributed by atoms with Crippen molar-refractivity contribution < 1.29 is 19.5 Å². The minimum Gasteiger partial charge on any atom is -0.477 e. The Morgan fingerprint density at radius 3 is 2.37 bits per heavy atom. The van der Waals surface area contributed by atoms with E-state index in [1.54, 1.807) is 11.0 Å². The van der Waals surface area contributed by atoms with Crippen molar-refractivity contribution in [2.45, 2.75) is 59.3 Å². The third-order valence-electron chi connectivity index (χ3n) is 5.48. The number of nitrogens with zero attached hydrogens (tertiary/aromatic N) is 2. The number of carboxylic acid groups (broad SMARTS) is 1. The van der Waals surface area contributed by atoms with Crippen LogP contribution < -0.4 is 4.90 Å². The fourth-order valence-electron chi connectivity index (χ4n) is 3.70. The second kappa shape index (κ2) is 9.22. The Hall–Kier alpha value is -2.33. The summed E-state index contributed by atoms with van der Waals surface area (Å²) in [5.41, 5.74) is 0.0775. The third kappa shape index (κ3) is 5.42. The van der Waals surface area contributed by atoms with E-state index in [1.807, 2.05) is 20.8 Å². The quantitative estimate of drug-likeness (QED) is 0.717. The van der Waals surface area contributed by atoms with Gasteiger partial charge in [0.05, 0.1) is 10.6 Å². The molecule has 1 N–H and O–H groups in total. The summed E-state index contributed by atoms with van der Waals surface area (Å²) in [7, 11) is 0. The van der Waals surface area contributed by atoms with Crippen molar-refractivity contribution in [3.63, 3.8) is 0 Å². The molecule has 0 aromatic carbocycles. The van der Waals surface area contributed by atoms with Gasteiger partial charge in [-0.1, -0.05) is 31.1 Å². The maximum absolute atomic E-state index is 13.4. The van der Waals surface area contributed by atoms with Crippen LogP contribution in [0.15, 0.2) is 6.07 Å². The molecule has 1 aromatic heterocycles. The van der Waals surface area contributed by atoms with Gasteiger partial charge in [-0.25, -0.2) is 4.79 Å². The lowest BCUT2D eigenvalue weighted by molar-refractivity contribution is -0.135. The number of carbonyl (C=O) groups excluding carboxylic acids is 2. The Morgan fingerprint density at radius 1 is 1.17 bits per heavy atom. The van der Waals surface area contributed by atoms with Crippen molar-refractivity contribution in [2.75, 3.05) is 24.5 Å². The summed E-state index contributed by atoms with van der Waals surface area (Å²) in [4.78, 5) is 41.8. The van der Waals surface area contributed by atoms with Crippen molar-refractivity contribution in [2.24, 2.45) is 11.3 Å². The first-order valence-electron chi connectivity index (χ1n) is 10.6. The summed E-state index contributed by atoms with van der Waals surface area (Å²) < 4.78 is 0. The first-order chi connectivity index (χ1) is 14.2. The highest BCUT2D eigenvalue weighted by Crippen LogP contribution is 2.34. The van der Waals surface area contributed by atoms with Gasteiger partial charge in [-0.05, 0) is 46.1 Å².